The summed E-state index contributed by atoms with van der Waals surface area (Å²) in [7, 11) is -3.99. The van der Waals surface area contributed by atoms with Crippen LogP contribution in [-0.4, -0.2) is 23.0 Å². The number of halogens is 3. The largest absolute Gasteiger partial charge is 0.741 e. The van der Waals surface area contributed by atoms with Crippen molar-refractivity contribution in [3.63, 3.8) is 0 Å². The van der Waals surface area contributed by atoms with Crippen LogP contribution in [0.25, 0.3) is 0 Å². The van der Waals surface area contributed by atoms with E-state index in [1.54, 1.807) is 0 Å². The Hall–Kier alpha value is -1.09. The van der Waals surface area contributed by atoms with Crippen LogP contribution in [0.4, 0.5) is 13.2 Å². The van der Waals surface area contributed by atoms with Gasteiger partial charge in [0.1, 0.15) is 12.4 Å². The molecule has 0 aliphatic heterocycles. The van der Waals surface area contributed by atoms with Crippen LogP contribution >= 0.6 is 0 Å². The minimum absolute atomic E-state index is 1.18. The van der Waals surface area contributed by atoms with Crippen LogP contribution < -0.4 is 4.57 Å². The molecular formula is C14H25F3N2O3S. The number of imidazole rings is 1. The first-order valence-electron chi connectivity index (χ1n) is 7.54. The number of hydrogen-bond acceptors (Lipinski definition) is 3. The van der Waals surface area contributed by atoms with Crippen LogP contribution in [0.3, 0.4) is 0 Å². The molecule has 1 rings (SSSR count). The quantitative estimate of drug-likeness (QED) is 0.326. The van der Waals surface area contributed by atoms with Gasteiger partial charge in [-0.05, 0) is 12.8 Å². The zero-order chi connectivity index (χ0) is 18.1. The second-order valence-electron chi connectivity index (χ2n) is 5.32. The first-order chi connectivity index (χ1) is 10.5. The predicted molar refractivity (Wildman–Crippen MR) is 79.5 cm³/mol. The standard InChI is InChI=1S/C13H25N2.CHF3O3S/c1-4-5-6-7-8-9-10-15-12-11-14(3)13(15)2;2-1(3,4)8(5,6)7/h11-12H,4-10H2,1-3H3;(H,5,6,7)/q+1;/p-1. The highest BCUT2D eigenvalue weighted by atomic mass is 32.2. The van der Waals surface area contributed by atoms with E-state index in [0.29, 0.717) is 0 Å². The van der Waals surface area contributed by atoms with E-state index in [1.165, 1.54) is 50.9 Å². The van der Waals surface area contributed by atoms with Crippen LogP contribution in [0, 0.1) is 6.92 Å². The average Bonchev–Trinajstić information content (AvgIpc) is 2.73. The van der Waals surface area contributed by atoms with Gasteiger partial charge in [-0.25, -0.2) is 17.6 Å². The lowest BCUT2D eigenvalue weighted by atomic mass is 10.1. The second-order valence-corrected chi connectivity index (χ2v) is 6.69. The summed E-state index contributed by atoms with van der Waals surface area (Å²) >= 11 is 0. The molecule has 1 heterocycles. The van der Waals surface area contributed by atoms with Crippen LogP contribution in [0.2, 0.25) is 0 Å². The topological polar surface area (TPSA) is 66.0 Å². The molecule has 136 valence electrons. The SMILES string of the molecule is CCCCCCCCn1cc[n+](C)c1C.O=S(=O)([O-])C(F)(F)F. The number of aryl methyl sites for hydroxylation is 2. The summed E-state index contributed by atoms with van der Waals surface area (Å²) in [5, 5.41) is 0. The van der Waals surface area contributed by atoms with Gasteiger partial charge in [0.15, 0.2) is 10.1 Å². The first-order valence-corrected chi connectivity index (χ1v) is 8.95. The second kappa shape index (κ2) is 9.92. The van der Waals surface area contributed by atoms with E-state index in [2.05, 4.69) is 42.4 Å². The Labute approximate surface area is 135 Å². The number of hydrogen-bond donors (Lipinski definition) is 0. The summed E-state index contributed by atoms with van der Waals surface area (Å²) in [4.78, 5) is 0. The van der Waals surface area contributed by atoms with Crippen molar-refractivity contribution < 1.29 is 30.7 Å². The van der Waals surface area contributed by atoms with Gasteiger partial charge in [-0.1, -0.05) is 32.6 Å². The summed E-state index contributed by atoms with van der Waals surface area (Å²) < 4.78 is 63.4. The average molecular weight is 358 g/mol. The van der Waals surface area contributed by atoms with Crippen molar-refractivity contribution in [3.8, 4) is 0 Å². The number of alkyl halides is 3. The van der Waals surface area contributed by atoms with Crippen molar-refractivity contribution in [1.82, 2.24) is 4.57 Å². The lowest BCUT2D eigenvalue weighted by Crippen LogP contribution is -2.29. The Morgan fingerprint density at radius 3 is 2.04 bits per heavy atom. The van der Waals surface area contributed by atoms with Gasteiger partial charge in [0.05, 0.1) is 13.6 Å². The van der Waals surface area contributed by atoms with Crippen molar-refractivity contribution in [3.05, 3.63) is 18.2 Å². The van der Waals surface area contributed by atoms with E-state index in [-0.39, 0.29) is 0 Å². The molecule has 0 N–H and O–H groups in total. The molecule has 0 aliphatic rings. The highest BCUT2D eigenvalue weighted by Crippen LogP contribution is 2.20. The van der Waals surface area contributed by atoms with Crippen molar-refractivity contribution >= 4 is 10.1 Å². The maximum absolute atomic E-state index is 10.7. The molecule has 1 aromatic heterocycles. The fraction of sp³-hybridized carbons (Fsp3) is 0.786. The van der Waals surface area contributed by atoms with Gasteiger partial charge >= 0.3 is 5.51 Å². The van der Waals surface area contributed by atoms with E-state index in [4.69, 9.17) is 13.0 Å². The van der Waals surface area contributed by atoms with E-state index in [0.717, 1.165) is 0 Å². The van der Waals surface area contributed by atoms with Gasteiger partial charge in [0.25, 0.3) is 5.82 Å². The molecule has 0 aliphatic carbocycles. The maximum Gasteiger partial charge on any atom is 0.485 e. The molecule has 0 aromatic carbocycles. The van der Waals surface area contributed by atoms with Gasteiger partial charge in [-0.2, -0.15) is 13.2 Å². The molecule has 0 spiro atoms. The van der Waals surface area contributed by atoms with E-state index >= 15 is 0 Å². The Bertz CT molecular complexity index is 554. The molecule has 0 atom stereocenters. The lowest BCUT2D eigenvalue weighted by Gasteiger charge is -2.08. The fourth-order valence-electron chi connectivity index (χ4n) is 1.90. The van der Waals surface area contributed by atoms with Crippen molar-refractivity contribution in [1.29, 1.82) is 0 Å². The molecule has 0 unspecified atom stereocenters. The molecule has 5 nitrogen and oxygen atoms in total. The normalized spacial score (nSPS) is 12.0. The molecule has 0 bridgehead atoms. The third kappa shape index (κ3) is 8.95. The molecule has 9 heteroatoms. The molecule has 1 aromatic rings. The molecule has 0 amide bonds. The summed E-state index contributed by atoms with van der Waals surface area (Å²) in [5.74, 6) is 1.35. The first kappa shape index (κ1) is 21.9. The highest BCUT2D eigenvalue weighted by Gasteiger charge is 2.36. The van der Waals surface area contributed by atoms with E-state index < -0.39 is 15.6 Å². The fourth-order valence-corrected chi connectivity index (χ4v) is 1.90. The monoisotopic (exact) mass is 358 g/mol. The summed E-state index contributed by atoms with van der Waals surface area (Å²) in [6.45, 7) is 5.62. The summed E-state index contributed by atoms with van der Waals surface area (Å²) in [5.41, 5.74) is -5.65. The zero-order valence-electron chi connectivity index (χ0n) is 13.8. The molecule has 0 radical (unpaired) electrons. The number of nitrogens with zero attached hydrogens (tertiary/aromatic N) is 2. The van der Waals surface area contributed by atoms with Crippen LogP contribution in [-0.2, 0) is 23.7 Å². The number of aromatic nitrogens is 2. The molecule has 0 saturated heterocycles. The summed E-state index contributed by atoms with van der Waals surface area (Å²) in [6, 6.07) is 0. The Balaban J connectivity index is 0.000000515. The summed E-state index contributed by atoms with van der Waals surface area (Å²) in [6.07, 6.45) is 12.6. The molecule has 0 saturated carbocycles. The van der Waals surface area contributed by atoms with E-state index in [1.807, 2.05) is 0 Å². The Morgan fingerprint density at radius 2 is 1.65 bits per heavy atom. The highest BCUT2D eigenvalue weighted by molar-refractivity contribution is 7.86. The van der Waals surface area contributed by atoms with Gasteiger partial charge in [-0.15, -0.1) is 0 Å². The number of rotatable bonds is 7. The van der Waals surface area contributed by atoms with Gasteiger partial charge < -0.3 is 4.55 Å². The molecule has 23 heavy (non-hydrogen) atoms. The third-order valence-electron chi connectivity index (χ3n) is 3.43. The maximum atomic E-state index is 10.7. The molecular weight excluding hydrogens is 333 g/mol. The van der Waals surface area contributed by atoms with Crippen LogP contribution in [0.1, 0.15) is 51.3 Å². The molecule has 0 fully saturated rings. The smallest absolute Gasteiger partial charge is 0.485 e. The third-order valence-corrected chi connectivity index (χ3v) is 4.00. The van der Waals surface area contributed by atoms with Gasteiger partial charge in [0.2, 0.25) is 0 Å². The van der Waals surface area contributed by atoms with Crippen molar-refractivity contribution in [2.24, 2.45) is 7.05 Å². The Kier molecular flexibility index (Phi) is 9.45. The lowest BCUT2D eigenvalue weighted by molar-refractivity contribution is -0.677. The van der Waals surface area contributed by atoms with Crippen LogP contribution in [0.15, 0.2) is 12.4 Å². The number of unbranched alkanes of at least 4 members (excludes halogenated alkanes) is 5. The van der Waals surface area contributed by atoms with Gasteiger partial charge in [0, 0.05) is 6.92 Å². The van der Waals surface area contributed by atoms with E-state index in [9.17, 15) is 13.2 Å². The minimum atomic E-state index is -6.09. The Morgan fingerprint density at radius 1 is 1.17 bits per heavy atom. The predicted octanol–water partition coefficient (Wildman–Crippen LogP) is 3.03. The zero-order valence-corrected chi connectivity index (χ0v) is 14.6. The van der Waals surface area contributed by atoms with Gasteiger partial charge in [-0.3, -0.25) is 0 Å². The van der Waals surface area contributed by atoms with Crippen LogP contribution in [0.5, 0.6) is 0 Å². The van der Waals surface area contributed by atoms with Crippen molar-refractivity contribution in [2.75, 3.05) is 0 Å². The minimum Gasteiger partial charge on any atom is -0.741 e. The van der Waals surface area contributed by atoms with Crippen molar-refractivity contribution in [2.45, 2.75) is 64.4 Å².